The summed E-state index contributed by atoms with van der Waals surface area (Å²) in [5, 5.41) is 5.75. The molecule has 0 aliphatic heterocycles. The molecule has 0 fully saturated rings. The second-order valence-corrected chi connectivity index (χ2v) is 6.94. The molecule has 2 N–H and O–H groups in total. The number of carbonyl (C=O) groups excluding carboxylic acids is 3. The Labute approximate surface area is 173 Å². The number of hydrogen-bond acceptors (Lipinski definition) is 4. The van der Waals surface area contributed by atoms with E-state index in [4.69, 9.17) is 16.3 Å². The van der Waals surface area contributed by atoms with Gasteiger partial charge in [-0.05, 0) is 35.4 Å². The Kier molecular flexibility index (Phi) is 8.15. The number of amides is 2. The minimum Gasteiger partial charge on any atom is -0.467 e. The second kappa shape index (κ2) is 10.6. The molecule has 8 heteroatoms. The van der Waals surface area contributed by atoms with Crippen LogP contribution >= 0.6 is 11.6 Å². The molecule has 0 saturated carbocycles. The molecule has 2 amide bonds. The molecule has 0 bridgehead atoms. The topological polar surface area (TPSA) is 84.5 Å². The molecule has 2 aromatic rings. The lowest BCUT2D eigenvalue weighted by atomic mass is 10.0. The minimum absolute atomic E-state index is 0.139. The van der Waals surface area contributed by atoms with Crippen LogP contribution < -0.4 is 10.6 Å². The van der Waals surface area contributed by atoms with Crippen LogP contribution in [0.3, 0.4) is 0 Å². The summed E-state index contributed by atoms with van der Waals surface area (Å²) in [4.78, 5) is 36.5. The molecule has 6 nitrogen and oxygen atoms in total. The largest absolute Gasteiger partial charge is 0.467 e. The Bertz CT molecular complexity index is 856. The zero-order chi connectivity index (χ0) is 21.4. The number of ether oxygens (including phenoxy) is 1. The molecule has 0 heterocycles. The van der Waals surface area contributed by atoms with E-state index in [0.717, 1.165) is 5.56 Å². The summed E-state index contributed by atoms with van der Waals surface area (Å²) in [6.45, 7) is 1.29. The molecule has 29 heavy (non-hydrogen) atoms. The van der Waals surface area contributed by atoms with Crippen molar-refractivity contribution in [2.45, 2.75) is 31.8 Å². The average Bonchev–Trinajstić information content (AvgIpc) is 2.69. The fourth-order valence-corrected chi connectivity index (χ4v) is 2.90. The highest BCUT2D eigenvalue weighted by Gasteiger charge is 2.27. The number of hydrogen-bond donors (Lipinski definition) is 2. The van der Waals surface area contributed by atoms with Gasteiger partial charge in [0.05, 0.1) is 7.11 Å². The van der Waals surface area contributed by atoms with Crippen LogP contribution in [0, 0.1) is 5.82 Å². The van der Waals surface area contributed by atoms with Crippen molar-refractivity contribution in [2.75, 3.05) is 7.11 Å². The van der Waals surface area contributed by atoms with E-state index in [-0.39, 0.29) is 12.8 Å². The first-order valence-corrected chi connectivity index (χ1v) is 9.30. The van der Waals surface area contributed by atoms with Gasteiger partial charge in [-0.1, -0.05) is 35.9 Å². The minimum atomic E-state index is -0.946. The van der Waals surface area contributed by atoms with Gasteiger partial charge in [-0.3, -0.25) is 9.59 Å². The maximum absolute atomic E-state index is 13.1. The van der Waals surface area contributed by atoms with E-state index in [2.05, 4.69) is 10.6 Å². The average molecular weight is 421 g/mol. The summed E-state index contributed by atoms with van der Waals surface area (Å²) in [6.07, 6.45) is 0.333. The van der Waals surface area contributed by atoms with Gasteiger partial charge in [-0.15, -0.1) is 0 Å². The molecule has 154 valence electrons. The molecule has 2 atom stereocenters. The highest BCUT2D eigenvalue weighted by molar-refractivity contribution is 6.30. The van der Waals surface area contributed by atoms with Gasteiger partial charge in [0.1, 0.15) is 17.9 Å². The Morgan fingerprint density at radius 2 is 1.45 bits per heavy atom. The van der Waals surface area contributed by atoms with Crippen LogP contribution in [-0.2, 0) is 32.0 Å². The number of benzene rings is 2. The van der Waals surface area contributed by atoms with E-state index >= 15 is 0 Å². The molecule has 0 radical (unpaired) electrons. The maximum atomic E-state index is 13.1. The van der Waals surface area contributed by atoms with Crippen molar-refractivity contribution in [3.8, 4) is 0 Å². The van der Waals surface area contributed by atoms with Crippen LogP contribution in [0.1, 0.15) is 18.1 Å². The first-order valence-electron chi connectivity index (χ1n) is 8.92. The molecule has 0 aliphatic carbocycles. The molecule has 0 saturated heterocycles. The highest BCUT2D eigenvalue weighted by atomic mass is 35.5. The van der Waals surface area contributed by atoms with Gasteiger partial charge in [-0.25, -0.2) is 9.18 Å². The zero-order valence-electron chi connectivity index (χ0n) is 16.1. The van der Waals surface area contributed by atoms with Gasteiger partial charge in [-0.2, -0.15) is 0 Å². The van der Waals surface area contributed by atoms with Crippen LogP contribution in [0.25, 0.3) is 0 Å². The molecule has 0 aliphatic rings. The van der Waals surface area contributed by atoms with Crippen LogP contribution in [0.5, 0.6) is 0 Å². The number of rotatable bonds is 8. The normalized spacial score (nSPS) is 12.6. The standard InChI is InChI=1S/C21H22ClFN2O4/c1-13(26)24-18(11-15-5-9-17(23)10-6-15)20(27)25-19(21(28)29-2)12-14-3-7-16(22)8-4-14/h3-10,18-19H,11-12H2,1-2H3,(H,24,26)(H,25,27)/t18-,19+/m1/s1. The monoisotopic (exact) mass is 420 g/mol. The quantitative estimate of drug-likeness (QED) is 0.642. The third-order valence-corrected chi connectivity index (χ3v) is 4.45. The van der Waals surface area contributed by atoms with Crippen molar-refractivity contribution in [1.29, 1.82) is 0 Å². The summed E-state index contributed by atoms with van der Waals surface area (Å²) < 4.78 is 17.9. The van der Waals surface area contributed by atoms with Gasteiger partial charge in [0.15, 0.2) is 0 Å². The number of nitrogens with one attached hydrogen (secondary N) is 2. The molecule has 0 aromatic heterocycles. The van der Waals surface area contributed by atoms with Gasteiger partial charge in [0.2, 0.25) is 11.8 Å². The number of carbonyl (C=O) groups is 3. The Balaban J connectivity index is 2.15. The summed E-state index contributed by atoms with van der Waals surface area (Å²) in [5.74, 6) is -1.96. The van der Waals surface area contributed by atoms with E-state index in [1.54, 1.807) is 24.3 Å². The summed E-state index contributed by atoms with van der Waals surface area (Å²) in [6, 6.07) is 10.6. The van der Waals surface area contributed by atoms with Gasteiger partial charge in [0.25, 0.3) is 0 Å². The molecule has 2 rings (SSSR count). The van der Waals surface area contributed by atoms with E-state index in [1.807, 2.05) is 0 Å². The smallest absolute Gasteiger partial charge is 0.328 e. The Morgan fingerprint density at radius 1 is 0.931 bits per heavy atom. The van der Waals surface area contributed by atoms with Gasteiger partial charge >= 0.3 is 5.97 Å². The maximum Gasteiger partial charge on any atom is 0.328 e. The lowest BCUT2D eigenvalue weighted by Gasteiger charge is -2.22. The van der Waals surface area contributed by atoms with Gasteiger partial charge in [0, 0.05) is 24.8 Å². The van der Waals surface area contributed by atoms with E-state index in [0.29, 0.717) is 10.6 Å². The number of esters is 1. The summed E-state index contributed by atoms with van der Waals surface area (Å²) >= 11 is 5.87. The van der Waals surface area contributed by atoms with Crippen molar-refractivity contribution in [1.82, 2.24) is 10.6 Å². The van der Waals surface area contributed by atoms with Crippen LogP contribution in [0.4, 0.5) is 4.39 Å². The van der Waals surface area contributed by atoms with Crippen molar-refractivity contribution in [3.05, 3.63) is 70.5 Å². The van der Waals surface area contributed by atoms with Crippen LogP contribution in [-0.4, -0.2) is 37.0 Å². The van der Waals surface area contributed by atoms with Crippen molar-refractivity contribution >= 4 is 29.4 Å². The summed E-state index contributed by atoms with van der Waals surface area (Å²) in [5.41, 5.74) is 1.44. The second-order valence-electron chi connectivity index (χ2n) is 6.50. The van der Waals surface area contributed by atoms with E-state index in [1.165, 1.54) is 38.3 Å². The molecular formula is C21H22ClFN2O4. The van der Waals surface area contributed by atoms with Gasteiger partial charge < -0.3 is 15.4 Å². The third-order valence-electron chi connectivity index (χ3n) is 4.20. The zero-order valence-corrected chi connectivity index (χ0v) is 16.8. The molecular weight excluding hydrogens is 399 g/mol. The predicted molar refractivity (Wildman–Crippen MR) is 107 cm³/mol. The first kappa shape index (κ1) is 22.4. The third kappa shape index (κ3) is 7.19. The SMILES string of the molecule is COC(=O)[C@H](Cc1ccc(Cl)cc1)NC(=O)[C@@H](Cc1ccc(F)cc1)NC(C)=O. The first-order chi connectivity index (χ1) is 13.8. The van der Waals surface area contributed by atoms with Crippen molar-refractivity contribution in [2.24, 2.45) is 0 Å². The van der Waals surface area contributed by atoms with Crippen LogP contribution in [0.2, 0.25) is 5.02 Å². The Morgan fingerprint density at radius 3 is 1.97 bits per heavy atom. The highest BCUT2D eigenvalue weighted by Crippen LogP contribution is 2.12. The number of methoxy groups -OCH3 is 1. The molecule has 2 aromatic carbocycles. The fraction of sp³-hybridized carbons (Fsp3) is 0.286. The van der Waals surface area contributed by atoms with Crippen LogP contribution in [0.15, 0.2) is 48.5 Å². The lowest BCUT2D eigenvalue weighted by molar-refractivity contribution is -0.145. The molecule has 0 spiro atoms. The Hall–Kier alpha value is -2.93. The predicted octanol–water partition coefficient (Wildman–Crippen LogP) is 2.43. The van der Waals surface area contributed by atoms with E-state index in [9.17, 15) is 18.8 Å². The number of halogens is 2. The van der Waals surface area contributed by atoms with Crippen molar-refractivity contribution in [3.63, 3.8) is 0 Å². The lowest BCUT2D eigenvalue weighted by Crippen LogP contribution is -2.53. The molecule has 0 unspecified atom stereocenters. The van der Waals surface area contributed by atoms with E-state index < -0.39 is 35.7 Å². The fourth-order valence-electron chi connectivity index (χ4n) is 2.77. The van der Waals surface area contributed by atoms with Crippen molar-refractivity contribution < 1.29 is 23.5 Å². The summed E-state index contributed by atoms with van der Waals surface area (Å²) in [7, 11) is 1.23.